The van der Waals surface area contributed by atoms with Crippen molar-refractivity contribution in [2.24, 2.45) is 0 Å². The smallest absolute Gasteiger partial charge is 0.167 e. The molecule has 0 spiro atoms. The van der Waals surface area contributed by atoms with Gasteiger partial charge in [-0.15, -0.1) is 0 Å². The van der Waals surface area contributed by atoms with E-state index in [4.69, 9.17) is 22.4 Å². The first-order valence-corrected chi connectivity index (χ1v) is 8.14. The highest BCUT2D eigenvalue weighted by Crippen LogP contribution is 2.07. The van der Waals surface area contributed by atoms with Gasteiger partial charge in [0.1, 0.15) is 36.6 Å². The summed E-state index contributed by atoms with van der Waals surface area (Å²) in [5, 5.41) is 98.2. The third kappa shape index (κ3) is 7.50. The molecule has 0 heterocycles. The third-order valence-electron chi connectivity index (χ3n) is 3.71. The molecule has 12 N–H and O–H groups in total. The van der Waals surface area contributed by atoms with Crippen LogP contribution in [0, 0.1) is 0 Å². The summed E-state index contributed by atoms with van der Waals surface area (Å²) in [6, 6.07) is -2.56. The van der Waals surface area contributed by atoms with Crippen LogP contribution in [0.15, 0.2) is 0 Å². The molecule has 0 bridgehead atoms. The molecule has 8 unspecified atom stereocenters. The van der Waals surface area contributed by atoms with Gasteiger partial charge in [0.05, 0.1) is 38.5 Å². The minimum absolute atomic E-state index is 0.308. The predicted molar refractivity (Wildman–Crippen MR) is 90.8 cm³/mol. The minimum Gasteiger partial charge on any atom is -0.394 e. The predicted octanol–water partition coefficient (Wildman–Crippen LogP) is -6.68. The van der Waals surface area contributed by atoms with Gasteiger partial charge in [-0.3, -0.25) is 0 Å². The number of aliphatic hydroxyl groups excluding tert-OH is 10. The summed E-state index contributed by atoms with van der Waals surface area (Å²) < 4.78 is 0. The molecule has 0 aliphatic rings. The van der Waals surface area contributed by atoms with E-state index in [-0.39, 0.29) is 5.11 Å². The molecule has 12 nitrogen and oxygen atoms in total. The summed E-state index contributed by atoms with van der Waals surface area (Å²) >= 11 is 4.89. The second-order valence-electron chi connectivity index (χ2n) is 5.66. The highest BCUT2D eigenvalue weighted by atomic mass is 32.1. The maximum absolute atomic E-state index is 9.89. The fraction of sp³-hybridized carbons (Fsp3) is 0.923. The van der Waals surface area contributed by atoms with Crippen LogP contribution in [0.1, 0.15) is 0 Å². The summed E-state index contributed by atoms with van der Waals surface area (Å²) in [5.74, 6) is 0. The molecule has 0 radical (unpaired) electrons. The summed E-state index contributed by atoms with van der Waals surface area (Å²) in [6.07, 6.45) is -10.4. The molecule has 0 aliphatic heterocycles. The lowest BCUT2D eigenvalue weighted by molar-refractivity contribution is -0.0913. The van der Waals surface area contributed by atoms with Crippen molar-refractivity contribution in [3.63, 3.8) is 0 Å². The Morgan fingerprint density at radius 2 is 0.885 bits per heavy atom. The van der Waals surface area contributed by atoms with Crippen LogP contribution in [0.4, 0.5) is 0 Å². The Bertz CT molecular complexity index is 373. The number of thiocarbonyl (C=S) groups is 1. The fourth-order valence-corrected chi connectivity index (χ4v) is 2.31. The highest BCUT2D eigenvalue weighted by Gasteiger charge is 2.33. The van der Waals surface area contributed by atoms with Crippen LogP contribution in [0.3, 0.4) is 0 Å². The van der Waals surface area contributed by atoms with Gasteiger partial charge < -0.3 is 61.7 Å². The lowest BCUT2D eigenvalue weighted by atomic mass is 10.0. The summed E-state index contributed by atoms with van der Waals surface area (Å²) in [7, 11) is 0. The maximum atomic E-state index is 9.89. The average molecular weight is 404 g/mol. The third-order valence-corrected chi connectivity index (χ3v) is 3.95. The van der Waals surface area contributed by atoms with Gasteiger partial charge in [0, 0.05) is 0 Å². The van der Waals surface area contributed by atoms with Crippen LogP contribution in [0.25, 0.3) is 0 Å². The summed E-state index contributed by atoms with van der Waals surface area (Å²) in [5.41, 5.74) is 0. The van der Waals surface area contributed by atoms with E-state index >= 15 is 0 Å². The molecule has 0 amide bonds. The van der Waals surface area contributed by atoms with Crippen LogP contribution in [-0.4, -0.2) is 131 Å². The van der Waals surface area contributed by atoms with E-state index in [9.17, 15) is 40.9 Å². The second kappa shape index (κ2) is 12.6. The molecule has 26 heavy (non-hydrogen) atoms. The van der Waals surface area contributed by atoms with Gasteiger partial charge in [-0.25, -0.2) is 0 Å². The molecule has 0 saturated heterocycles. The Hall–Kier alpha value is -0.710. The first-order chi connectivity index (χ1) is 12.1. The van der Waals surface area contributed by atoms with E-state index in [0.29, 0.717) is 0 Å². The van der Waals surface area contributed by atoms with Crippen molar-refractivity contribution in [2.45, 2.75) is 48.7 Å². The molecule has 0 aromatic carbocycles. The number of nitrogens with one attached hydrogen (secondary N) is 2. The van der Waals surface area contributed by atoms with E-state index in [0.717, 1.165) is 0 Å². The van der Waals surface area contributed by atoms with Crippen LogP contribution in [-0.2, 0) is 0 Å². The van der Waals surface area contributed by atoms with E-state index in [1.807, 2.05) is 0 Å². The SMILES string of the molecule is OCC(O)C(O)C(O)C(CO)NC(=S)NC(CO)C(O)C(O)C(O)CO. The zero-order valence-corrected chi connectivity index (χ0v) is 14.6. The summed E-state index contributed by atoms with van der Waals surface area (Å²) in [4.78, 5) is 0. The van der Waals surface area contributed by atoms with E-state index in [2.05, 4.69) is 10.6 Å². The largest absolute Gasteiger partial charge is 0.394 e. The van der Waals surface area contributed by atoms with Crippen LogP contribution in [0.5, 0.6) is 0 Å². The molecule has 0 aliphatic carbocycles. The lowest BCUT2D eigenvalue weighted by Crippen LogP contribution is -2.60. The number of aliphatic hydroxyl groups is 10. The maximum Gasteiger partial charge on any atom is 0.167 e. The van der Waals surface area contributed by atoms with E-state index in [1.165, 1.54) is 0 Å². The first-order valence-electron chi connectivity index (χ1n) is 7.73. The standard InChI is InChI=1S/C13H28N2O10S/c16-1-5(9(22)11(24)7(20)3-18)14-13(26)15-6(2-17)10(23)12(25)8(21)4-19/h5-12,16-25H,1-4H2,(H2,14,15,26). The van der Waals surface area contributed by atoms with Crippen molar-refractivity contribution in [2.75, 3.05) is 26.4 Å². The van der Waals surface area contributed by atoms with Crippen molar-refractivity contribution in [3.05, 3.63) is 0 Å². The van der Waals surface area contributed by atoms with Gasteiger partial charge >= 0.3 is 0 Å². The molecule has 0 saturated carbocycles. The van der Waals surface area contributed by atoms with Crippen LogP contribution >= 0.6 is 12.2 Å². The van der Waals surface area contributed by atoms with Crippen molar-refractivity contribution < 1.29 is 51.1 Å². The van der Waals surface area contributed by atoms with Gasteiger partial charge in [-0.2, -0.15) is 0 Å². The van der Waals surface area contributed by atoms with Gasteiger partial charge in [-0.05, 0) is 12.2 Å². The average Bonchev–Trinajstić information content (AvgIpc) is 2.66. The Balaban J connectivity index is 4.85. The van der Waals surface area contributed by atoms with Gasteiger partial charge in [-0.1, -0.05) is 0 Å². The van der Waals surface area contributed by atoms with Gasteiger partial charge in [0.2, 0.25) is 0 Å². The number of hydrogen-bond acceptors (Lipinski definition) is 11. The van der Waals surface area contributed by atoms with Crippen molar-refractivity contribution >= 4 is 17.3 Å². The highest BCUT2D eigenvalue weighted by molar-refractivity contribution is 7.80. The molecular formula is C13H28N2O10S. The Morgan fingerprint density at radius 1 is 0.577 bits per heavy atom. The van der Waals surface area contributed by atoms with Crippen molar-refractivity contribution in [1.29, 1.82) is 0 Å². The quantitative estimate of drug-likeness (QED) is 0.136. The van der Waals surface area contributed by atoms with Crippen molar-refractivity contribution in [1.82, 2.24) is 10.6 Å². The molecule has 0 rings (SSSR count). The minimum atomic E-state index is -1.80. The normalized spacial score (nSPS) is 21.0. The Labute approximate surface area is 155 Å². The fourth-order valence-electron chi connectivity index (χ4n) is 2.00. The van der Waals surface area contributed by atoms with E-state index in [1.54, 1.807) is 0 Å². The number of rotatable bonds is 12. The molecule has 0 aromatic rings. The van der Waals surface area contributed by atoms with Crippen LogP contribution in [0.2, 0.25) is 0 Å². The summed E-state index contributed by atoms with van der Waals surface area (Å²) in [6.45, 7) is -3.14. The first kappa shape index (κ1) is 25.3. The van der Waals surface area contributed by atoms with Crippen LogP contribution < -0.4 is 10.6 Å². The van der Waals surface area contributed by atoms with Gasteiger partial charge in [0.15, 0.2) is 5.11 Å². The topological polar surface area (TPSA) is 226 Å². The van der Waals surface area contributed by atoms with Gasteiger partial charge in [0.25, 0.3) is 0 Å². The second-order valence-corrected chi connectivity index (χ2v) is 6.07. The monoisotopic (exact) mass is 404 g/mol. The number of hydrogen-bond donors (Lipinski definition) is 12. The van der Waals surface area contributed by atoms with E-state index < -0.39 is 75.1 Å². The molecule has 156 valence electrons. The molecule has 0 fully saturated rings. The lowest BCUT2D eigenvalue weighted by Gasteiger charge is -2.32. The molecule has 0 aromatic heterocycles. The van der Waals surface area contributed by atoms with Crippen molar-refractivity contribution in [3.8, 4) is 0 Å². The zero-order valence-electron chi connectivity index (χ0n) is 13.8. The molecule has 8 atom stereocenters. The zero-order chi connectivity index (χ0) is 20.4. The Morgan fingerprint density at radius 3 is 1.12 bits per heavy atom. The molecular weight excluding hydrogens is 376 g/mol. The molecule has 13 heteroatoms. The Kier molecular flexibility index (Phi) is 12.3.